The second kappa shape index (κ2) is 5.98. The van der Waals surface area contributed by atoms with Gasteiger partial charge in [-0.05, 0) is 30.9 Å². The molecule has 1 aromatic heterocycles. The highest BCUT2D eigenvalue weighted by Gasteiger charge is 2.21. The van der Waals surface area contributed by atoms with Crippen LogP contribution in [0.25, 0.3) is 11.0 Å². The van der Waals surface area contributed by atoms with Crippen LogP contribution < -0.4 is 10.4 Å². The molecule has 0 unspecified atom stereocenters. The van der Waals surface area contributed by atoms with Gasteiger partial charge in [-0.2, -0.15) is 0 Å². The van der Waals surface area contributed by atoms with E-state index in [4.69, 9.17) is 20.8 Å². The van der Waals surface area contributed by atoms with Crippen LogP contribution in [0.3, 0.4) is 0 Å². The summed E-state index contributed by atoms with van der Waals surface area (Å²) in [5.41, 5.74) is 1.94. The summed E-state index contributed by atoms with van der Waals surface area (Å²) in [6, 6.07) is 3.37. The van der Waals surface area contributed by atoms with Crippen molar-refractivity contribution >= 4 is 28.5 Å². The molecule has 0 saturated carbocycles. The van der Waals surface area contributed by atoms with Crippen molar-refractivity contribution in [3.05, 3.63) is 50.9 Å². The molecule has 1 aromatic carbocycles. The predicted octanol–water partition coefficient (Wildman–Crippen LogP) is 2.71. The number of amides is 1. The van der Waals surface area contributed by atoms with E-state index in [1.54, 1.807) is 17.0 Å². The minimum absolute atomic E-state index is 0.0952. The summed E-state index contributed by atoms with van der Waals surface area (Å²) >= 11 is 6.31. The summed E-state index contributed by atoms with van der Waals surface area (Å²) in [6.07, 6.45) is 6.44. The van der Waals surface area contributed by atoms with Crippen molar-refractivity contribution in [2.24, 2.45) is 0 Å². The van der Waals surface area contributed by atoms with Crippen molar-refractivity contribution in [3.63, 3.8) is 0 Å². The van der Waals surface area contributed by atoms with Crippen LogP contribution in [0, 0.1) is 0 Å². The number of halogens is 1. The first-order valence-electron chi connectivity index (χ1n) is 7.97. The van der Waals surface area contributed by atoms with Crippen LogP contribution in [0.5, 0.6) is 5.75 Å². The van der Waals surface area contributed by atoms with Gasteiger partial charge in [-0.3, -0.25) is 4.79 Å². The molecule has 0 atom stereocenters. The zero-order chi connectivity index (χ0) is 16.7. The summed E-state index contributed by atoms with van der Waals surface area (Å²) in [6.45, 7) is 1.12. The van der Waals surface area contributed by atoms with Gasteiger partial charge in [0.15, 0.2) is 6.61 Å². The second-order valence-electron chi connectivity index (χ2n) is 6.04. The molecule has 0 radical (unpaired) electrons. The van der Waals surface area contributed by atoms with Crippen LogP contribution in [-0.2, 0) is 17.6 Å². The molecule has 0 spiro atoms. The molecule has 124 valence electrons. The highest BCUT2D eigenvalue weighted by atomic mass is 35.5. The highest BCUT2D eigenvalue weighted by molar-refractivity contribution is 6.32. The summed E-state index contributed by atoms with van der Waals surface area (Å²) in [4.78, 5) is 25.8. The average Bonchev–Trinajstić information content (AvgIpc) is 3.25. The third-order valence-corrected chi connectivity index (χ3v) is 4.84. The van der Waals surface area contributed by atoms with Crippen LogP contribution in [0.2, 0.25) is 5.02 Å². The van der Waals surface area contributed by atoms with E-state index in [-0.39, 0.29) is 18.1 Å². The number of fused-ring (bicyclic) bond motifs is 3. The van der Waals surface area contributed by atoms with Gasteiger partial charge < -0.3 is 14.1 Å². The fourth-order valence-corrected chi connectivity index (χ4v) is 3.52. The van der Waals surface area contributed by atoms with E-state index in [0.29, 0.717) is 29.4 Å². The number of carbonyl (C=O) groups is 1. The maximum absolute atomic E-state index is 12.1. The molecule has 24 heavy (non-hydrogen) atoms. The van der Waals surface area contributed by atoms with E-state index >= 15 is 0 Å². The molecule has 0 N–H and O–H groups in total. The van der Waals surface area contributed by atoms with Crippen LogP contribution in [0.4, 0.5) is 0 Å². The fourth-order valence-electron chi connectivity index (χ4n) is 3.31. The lowest BCUT2D eigenvalue weighted by Crippen LogP contribution is -2.32. The Kier molecular flexibility index (Phi) is 3.81. The van der Waals surface area contributed by atoms with Gasteiger partial charge in [-0.25, -0.2) is 4.79 Å². The lowest BCUT2D eigenvalue weighted by Gasteiger charge is -2.16. The Bertz CT molecular complexity index is 907. The Balaban J connectivity index is 1.62. The van der Waals surface area contributed by atoms with Gasteiger partial charge in [0.25, 0.3) is 5.91 Å². The summed E-state index contributed by atoms with van der Waals surface area (Å²) in [7, 11) is 0. The van der Waals surface area contributed by atoms with E-state index in [1.807, 2.05) is 12.2 Å². The predicted molar refractivity (Wildman–Crippen MR) is 90.7 cm³/mol. The molecule has 1 aliphatic heterocycles. The number of aryl methyl sites for hydroxylation is 1. The molecule has 1 amide bonds. The van der Waals surface area contributed by atoms with E-state index in [2.05, 4.69) is 0 Å². The SMILES string of the molecule is O=C(COc1cc2oc(=O)c3c(c2cc1Cl)CCC3)N1CC=CC1. The monoisotopic (exact) mass is 345 g/mol. The van der Waals surface area contributed by atoms with Crippen LogP contribution in [0.1, 0.15) is 17.5 Å². The Morgan fingerprint density at radius 1 is 1.21 bits per heavy atom. The zero-order valence-electron chi connectivity index (χ0n) is 13.0. The molecular weight excluding hydrogens is 330 g/mol. The van der Waals surface area contributed by atoms with Gasteiger partial charge in [-0.1, -0.05) is 23.8 Å². The first-order valence-corrected chi connectivity index (χ1v) is 8.35. The van der Waals surface area contributed by atoms with Crippen molar-refractivity contribution < 1.29 is 13.9 Å². The largest absolute Gasteiger partial charge is 0.482 e. The number of ether oxygens (including phenoxy) is 1. The van der Waals surface area contributed by atoms with Crippen molar-refractivity contribution in [1.29, 1.82) is 0 Å². The number of hydrogen-bond donors (Lipinski definition) is 0. The van der Waals surface area contributed by atoms with E-state index in [0.717, 1.165) is 35.8 Å². The van der Waals surface area contributed by atoms with Gasteiger partial charge in [0.2, 0.25) is 0 Å². The van der Waals surface area contributed by atoms with Crippen LogP contribution in [0.15, 0.2) is 33.5 Å². The zero-order valence-corrected chi connectivity index (χ0v) is 13.8. The van der Waals surface area contributed by atoms with Crippen molar-refractivity contribution in [1.82, 2.24) is 4.90 Å². The average molecular weight is 346 g/mol. The quantitative estimate of drug-likeness (QED) is 0.634. The normalized spacial score (nSPS) is 16.0. The van der Waals surface area contributed by atoms with Crippen molar-refractivity contribution in [2.75, 3.05) is 19.7 Å². The molecule has 1 aliphatic carbocycles. The molecule has 0 saturated heterocycles. The lowest BCUT2D eigenvalue weighted by atomic mass is 10.1. The molecule has 2 heterocycles. The molecule has 4 rings (SSSR count). The first kappa shape index (κ1) is 15.3. The molecule has 0 bridgehead atoms. The molecule has 2 aliphatic rings. The fraction of sp³-hybridized carbons (Fsp3) is 0.333. The van der Waals surface area contributed by atoms with Crippen LogP contribution in [-0.4, -0.2) is 30.5 Å². The number of carbonyl (C=O) groups excluding carboxylic acids is 1. The Hall–Kier alpha value is -2.27. The molecular formula is C18H16ClNO4. The van der Waals surface area contributed by atoms with Crippen LogP contribution >= 0.6 is 11.6 Å². The second-order valence-corrected chi connectivity index (χ2v) is 6.44. The van der Waals surface area contributed by atoms with Gasteiger partial charge in [0, 0.05) is 30.1 Å². The summed E-state index contributed by atoms with van der Waals surface area (Å²) in [5, 5.41) is 1.27. The molecule has 6 heteroatoms. The van der Waals surface area contributed by atoms with Gasteiger partial charge >= 0.3 is 5.63 Å². The van der Waals surface area contributed by atoms with E-state index < -0.39 is 0 Å². The third-order valence-electron chi connectivity index (χ3n) is 4.55. The molecule has 5 nitrogen and oxygen atoms in total. The Morgan fingerprint density at radius 2 is 1.96 bits per heavy atom. The Morgan fingerprint density at radius 3 is 2.75 bits per heavy atom. The maximum Gasteiger partial charge on any atom is 0.339 e. The third kappa shape index (κ3) is 2.59. The van der Waals surface area contributed by atoms with Gasteiger partial charge in [0.1, 0.15) is 11.3 Å². The van der Waals surface area contributed by atoms with Gasteiger partial charge in [0.05, 0.1) is 5.02 Å². The minimum atomic E-state index is -0.289. The standard InChI is InChI=1S/C18H16ClNO4/c19-14-8-13-11-4-3-5-12(11)18(22)24-15(13)9-16(14)23-10-17(21)20-6-1-2-7-20/h1-2,8-9H,3-7,10H2. The topological polar surface area (TPSA) is 59.8 Å². The maximum atomic E-state index is 12.1. The minimum Gasteiger partial charge on any atom is -0.482 e. The smallest absolute Gasteiger partial charge is 0.339 e. The van der Waals surface area contributed by atoms with Gasteiger partial charge in [-0.15, -0.1) is 0 Å². The Labute approximate surface area is 143 Å². The first-order chi connectivity index (χ1) is 11.6. The summed E-state index contributed by atoms with van der Waals surface area (Å²) in [5.74, 6) is 0.248. The highest BCUT2D eigenvalue weighted by Crippen LogP contribution is 2.34. The number of rotatable bonds is 3. The number of benzene rings is 1. The molecule has 0 fully saturated rings. The van der Waals surface area contributed by atoms with Crippen molar-refractivity contribution in [2.45, 2.75) is 19.3 Å². The number of hydrogen-bond acceptors (Lipinski definition) is 4. The van der Waals surface area contributed by atoms with E-state index in [9.17, 15) is 9.59 Å². The van der Waals surface area contributed by atoms with E-state index in [1.165, 1.54) is 0 Å². The lowest BCUT2D eigenvalue weighted by molar-refractivity contribution is -0.131. The van der Waals surface area contributed by atoms with Crippen molar-refractivity contribution in [3.8, 4) is 5.75 Å². The number of nitrogens with zero attached hydrogens (tertiary/aromatic N) is 1. The summed E-state index contributed by atoms with van der Waals surface area (Å²) < 4.78 is 11.0. The molecule has 2 aromatic rings.